The summed E-state index contributed by atoms with van der Waals surface area (Å²) in [5, 5.41) is 3.02. The van der Waals surface area contributed by atoms with Crippen molar-refractivity contribution < 1.29 is 9.59 Å². The van der Waals surface area contributed by atoms with Gasteiger partial charge in [-0.1, -0.05) is 90.5 Å². The summed E-state index contributed by atoms with van der Waals surface area (Å²) in [4.78, 5) is 28.9. The zero-order chi connectivity index (χ0) is 23.0. The number of aryl methyl sites for hydroxylation is 1. The minimum absolute atomic E-state index is 0.0242. The first-order valence-electron chi connectivity index (χ1n) is 11.5. The third-order valence-corrected chi connectivity index (χ3v) is 6.15. The highest BCUT2D eigenvalue weighted by molar-refractivity contribution is 5.96. The van der Waals surface area contributed by atoms with E-state index in [0.717, 1.165) is 22.4 Å². The van der Waals surface area contributed by atoms with Crippen LogP contribution in [0.5, 0.6) is 0 Å². The van der Waals surface area contributed by atoms with Gasteiger partial charge in [0.1, 0.15) is 0 Å². The Hall–Kier alpha value is -3.66. The Bertz CT molecular complexity index is 1050. The molecule has 0 fully saturated rings. The van der Waals surface area contributed by atoms with Crippen LogP contribution in [0.15, 0.2) is 97.1 Å². The summed E-state index contributed by atoms with van der Waals surface area (Å²) in [6, 6.07) is 27.8. The van der Waals surface area contributed by atoms with E-state index in [1.807, 2.05) is 109 Å². The molecule has 0 aliphatic heterocycles. The van der Waals surface area contributed by atoms with Crippen LogP contribution in [0.4, 0.5) is 5.69 Å². The molecule has 4 nitrogen and oxygen atoms in total. The number of nitrogens with zero attached hydrogens (tertiary/aromatic N) is 1. The lowest BCUT2D eigenvalue weighted by Gasteiger charge is -2.32. The molecule has 0 aromatic heterocycles. The highest BCUT2D eigenvalue weighted by Gasteiger charge is 2.36. The minimum Gasteiger partial charge on any atom is -0.334 e. The molecule has 4 rings (SSSR count). The summed E-state index contributed by atoms with van der Waals surface area (Å²) in [5.41, 5.74) is 4.05. The van der Waals surface area contributed by atoms with Gasteiger partial charge in [-0.2, -0.15) is 0 Å². The van der Waals surface area contributed by atoms with Crippen molar-refractivity contribution >= 4 is 17.5 Å². The Kier molecular flexibility index (Phi) is 7.36. The van der Waals surface area contributed by atoms with E-state index in [4.69, 9.17) is 0 Å². The third-order valence-electron chi connectivity index (χ3n) is 6.15. The summed E-state index contributed by atoms with van der Waals surface area (Å²) in [7, 11) is 0. The van der Waals surface area contributed by atoms with Crippen molar-refractivity contribution in [1.29, 1.82) is 0 Å². The van der Waals surface area contributed by atoms with Crippen molar-refractivity contribution in [2.75, 3.05) is 5.32 Å². The summed E-state index contributed by atoms with van der Waals surface area (Å²) >= 11 is 0. The van der Waals surface area contributed by atoms with Gasteiger partial charge in [0, 0.05) is 18.8 Å². The molecule has 0 bridgehead atoms. The number of anilines is 1. The molecule has 1 aliphatic carbocycles. The predicted molar refractivity (Wildman–Crippen MR) is 132 cm³/mol. The first-order chi connectivity index (χ1) is 16.1. The van der Waals surface area contributed by atoms with Crippen LogP contribution >= 0.6 is 0 Å². The van der Waals surface area contributed by atoms with Crippen LogP contribution in [0.2, 0.25) is 0 Å². The lowest BCUT2D eigenvalue weighted by atomic mass is 9.81. The van der Waals surface area contributed by atoms with Gasteiger partial charge in [0.2, 0.25) is 11.8 Å². The molecule has 0 spiro atoms. The van der Waals surface area contributed by atoms with Crippen molar-refractivity contribution in [3.05, 3.63) is 114 Å². The number of allylic oxidation sites excluding steroid dienone is 2. The first kappa shape index (κ1) is 22.5. The van der Waals surface area contributed by atoms with Gasteiger partial charge in [0.15, 0.2) is 0 Å². The maximum Gasteiger partial charge on any atom is 0.228 e. The van der Waals surface area contributed by atoms with Crippen LogP contribution in [0.3, 0.4) is 0 Å². The lowest BCUT2D eigenvalue weighted by Crippen LogP contribution is -2.42. The molecule has 2 atom stereocenters. The maximum absolute atomic E-state index is 13.8. The van der Waals surface area contributed by atoms with Gasteiger partial charge in [-0.3, -0.25) is 9.59 Å². The van der Waals surface area contributed by atoms with Crippen LogP contribution in [-0.4, -0.2) is 16.7 Å². The second kappa shape index (κ2) is 10.8. The van der Waals surface area contributed by atoms with Crippen molar-refractivity contribution in [3.8, 4) is 0 Å². The van der Waals surface area contributed by atoms with Gasteiger partial charge in [0.05, 0.1) is 11.8 Å². The molecule has 1 aliphatic rings. The molecule has 3 aromatic rings. The van der Waals surface area contributed by atoms with Crippen LogP contribution in [0.1, 0.15) is 29.5 Å². The number of nitrogens with one attached hydrogen (secondary N) is 1. The van der Waals surface area contributed by atoms with Gasteiger partial charge >= 0.3 is 0 Å². The average molecular weight is 439 g/mol. The highest BCUT2D eigenvalue weighted by Crippen LogP contribution is 2.30. The standard InChI is InChI=1S/C29H30N2O2/c1-22-16-18-25(19-17-22)30-28(32)26-14-8-9-15-27(26)29(33)31(20-23-10-4-2-5-11-23)21-24-12-6-3-7-13-24/h2-13,16-19,26-27H,14-15,20-21H2,1H3,(H,30,32). The molecule has 0 radical (unpaired) electrons. The molecule has 3 aromatic carbocycles. The smallest absolute Gasteiger partial charge is 0.228 e. The Balaban J connectivity index is 1.55. The number of carbonyl (C=O) groups excluding carboxylic acids is 2. The Morgan fingerprint density at radius 3 is 1.82 bits per heavy atom. The molecule has 0 saturated heterocycles. The number of hydrogen-bond donors (Lipinski definition) is 1. The maximum atomic E-state index is 13.8. The van der Waals surface area contributed by atoms with E-state index in [1.54, 1.807) is 0 Å². The topological polar surface area (TPSA) is 49.4 Å². The van der Waals surface area contributed by atoms with Gasteiger partial charge in [-0.25, -0.2) is 0 Å². The second-order valence-corrected chi connectivity index (χ2v) is 8.68. The molecule has 4 heteroatoms. The molecule has 2 unspecified atom stereocenters. The SMILES string of the molecule is Cc1ccc(NC(=O)C2CC=CCC2C(=O)N(Cc2ccccc2)Cc2ccccc2)cc1. The Morgan fingerprint density at radius 1 is 0.758 bits per heavy atom. The average Bonchev–Trinajstić information content (AvgIpc) is 2.86. The Morgan fingerprint density at radius 2 is 1.27 bits per heavy atom. The van der Waals surface area contributed by atoms with E-state index in [-0.39, 0.29) is 17.7 Å². The van der Waals surface area contributed by atoms with Crippen LogP contribution in [0, 0.1) is 18.8 Å². The van der Waals surface area contributed by atoms with Crippen LogP contribution in [-0.2, 0) is 22.7 Å². The van der Waals surface area contributed by atoms with E-state index in [9.17, 15) is 9.59 Å². The van der Waals surface area contributed by atoms with Gasteiger partial charge in [-0.15, -0.1) is 0 Å². The quantitative estimate of drug-likeness (QED) is 0.478. The summed E-state index contributed by atoms with van der Waals surface area (Å²) < 4.78 is 0. The van der Waals surface area contributed by atoms with E-state index in [2.05, 4.69) is 5.32 Å². The molecule has 0 saturated carbocycles. The molecule has 33 heavy (non-hydrogen) atoms. The van der Waals surface area contributed by atoms with Crippen LogP contribution < -0.4 is 5.32 Å². The highest BCUT2D eigenvalue weighted by atomic mass is 16.2. The summed E-state index contributed by atoms with van der Waals surface area (Å²) in [6.45, 7) is 3.04. The van der Waals surface area contributed by atoms with Crippen molar-refractivity contribution in [3.63, 3.8) is 0 Å². The normalized spacial score (nSPS) is 17.4. The monoisotopic (exact) mass is 438 g/mol. The minimum atomic E-state index is -0.391. The number of rotatable bonds is 7. The fourth-order valence-electron chi connectivity index (χ4n) is 4.30. The van der Waals surface area contributed by atoms with Gasteiger partial charge < -0.3 is 10.2 Å². The van der Waals surface area contributed by atoms with E-state index in [0.29, 0.717) is 25.9 Å². The van der Waals surface area contributed by atoms with Gasteiger partial charge in [0.25, 0.3) is 0 Å². The fraction of sp³-hybridized carbons (Fsp3) is 0.241. The summed E-state index contributed by atoms with van der Waals surface area (Å²) in [6.07, 6.45) is 5.19. The predicted octanol–water partition coefficient (Wildman–Crippen LogP) is 5.74. The van der Waals surface area contributed by atoms with Crippen molar-refractivity contribution in [2.45, 2.75) is 32.9 Å². The number of amides is 2. The fourth-order valence-corrected chi connectivity index (χ4v) is 4.30. The van der Waals surface area contributed by atoms with Gasteiger partial charge in [-0.05, 0) is 43.0 Å². The van der Waals surface area contributed by atoms with E-state index in [1.165, 1.54) is 0 Å². The largest absolute Gasteiger partial charge is 0.334 e. The van der Waals surface area contributed by atoms with E-state index < -0.39 is 5.92 Å². The first-order valence-corrected chi connectivity index (χ1v) is 11.5. The third kappa shape index (κ3) is 5.98. The molecular formula is C29H30N2O2. The zero-order valence-corrected chi connectivity index (χ0v) is 19.0. The lowest BCUT2D eigenvalue weighted by molar-refractivity contribution is -0.142. The molecule has 2 amide bonds. The number of carbonyl (C=O) groups is 2. The molecule has 1 N–H and O–H groups in total. The Labute approximate surface area is 195 Å². The van der Waals surface area contributed by atoms with Crippen LogP contribution in [0.25, 0.3) is 0 Å². The zero-order valence-electron chi connectivity index (χ0n) is 19.0. The number of hydrogen-bond acceptors (Lipinski definition) is 2. The van der Waals surface area contributed by atoms with Crippen molar-refractivity contribution in [2.24, 2.45) is 11.8 Å². The van der Waals surface area contributed by atoms with Crippen molar-refractivity contribution in [1.82, 2.24) is 4.90 Å². The second-order valence-electron chi connectivity index (χ2n) is 8.68. The number of benzene rings is 3. The summed E-state index contributed by atoms with van der Waals surface area (Å²) in [5.74, 6) is -0.845. The molecular weight excluding hydrogens is 408 g/mol. The molecule has 0 heterocycles. The van der Waals surface area contributed by atoms with E-state index >= 15 is 0 Å². The molecule has 168 valence electrons.